The summed E-state index contributed by atoms with van der Waals surface area (Å²) in [4.78, 5) is 55.5. The first-order valence-electron chi connectivity index (χ1n) is 20.7. The van der Waals surface area contributed by atoms with Crippen molar-refractivity contribution in [1.29, 1.82) is 0 Å². The number of carbonyl (C=O) groups is 3. The quantitative estimate of drug-likeness (QED) is 0.0930. The monoisotopic (exact) mass is 820 g/mol. The van der Waals surface area contributed by atoms with Gasteiger partial charge in [0.1, 0.15) is 0 Å². The van der Waals surface area contributed by atoms with Crippen molar-refractivity contribution in [2.24, 2.45) is 0 Å². The van der Waals surface area contributed by atoms with E-state index in [2.05, 4.69) is 120 Å². The Morgan fingerprint density at radius 2 is 0.889 bits per heavy atom. The lowest BCUT2D eigenvalue weighted by molar-refractivity contribution is -0.118. The molecule has 0 radical (unpaired) electrons. The van der Waals surface area contributed by atoms with Gasteiger partial charge >= 0.3 is 0 Å². The van der Waals surface area contributed by atoms with E-state index >= 15 is 0 Å². The second-order valence-corrected chi connectivity index (χ2v) is 15.9. The Labute approximate surface area is 363 Å². The molecular weight excluding hydrogens is 781 g/mol. The maximum atomic E-state index is 13.0. The number of carbonyl (C=O) groups excluding carboxylic acids is 3. The largest absolute Gasteiger partial charge is 0.399 e. The Balaban J connectivity index is 1.22. The predicted molar refractivity (Wildman–Crippen MR) is 255 cm³/mol. The summed E-state index contributed by atoms with van der Waals surface area (Å²) in [5.41, 5.74) is 24.1. The molecule has 9 heteroatoms. The third-order valence-electron chi connectivity index (χ3n) is 11.5. The van der Waals surface area contributed by atoms with Crippen LogP contribution in [-0.4, -0.2) is 37.4 Å². The maximum absolute atomic E-state index is 13.0. The molecule has 3 aromatic heterocycles. The molecule has 1 amide bonds. The molecular formula is C54H40N6O3. The highest BCUT2D eigenvalue weighted by Crippen LogP contribution is 2.39. The summed E-state index contributed by atoms with van der Waals surface area (Å²) < 4.78 is 0. The predicted octanol–water partition coefficient (Wildman–Crippen LogP) is 11.5. The fourth-order valence-electron chi connectivity index (χ4n) is 8.30. The minimum absolute atomic E-state index is 0.159. The lowest BCUT2D eigenvalue weighted by Crippen LogP contribution is -2.17. The van der Waals surface area contributed by atoms with Crippen molar-refractivity contribution < 1.29 is 14.4 Å². The Morgan fingerprint density at radius 3 is 1.30 bits per heavy atom. The minimum Gasteiger partial charge on any atom is -0.399 e. The first-order valence-corrected chi connectivity index (χ1v) is 20.7. The second-order valence-electron chi connectivity index (χ2n) is 15.9. The Bertz CT molecular complexity index is 3280. The van der Waals surface area contributed by atoms with E-state index in [1.165, 1.54) is 18.2 Å². The van der Waals surface area contributed by atoms with Crippen LogP contribution in [0.2, 0.25) is 0 Å². The molecule has 5 heterocycles. The van der Waals surface area contributed by atoms with Crippen LogP contribution in [0.3, 0.4) is 0 Å². The van der Waals surface area contributed by atoms with Crippen LogP contribution in [-0.2, 0) is 14.4 Å². The molecule has 2 aliphatic heterocycles. The van der Waals surface area contributed by atoms with Gasteiger partial charge in [-0.2, -0.15) is 0 Å². The van der Waals surface area contributed by atoms with Crippen molar-refractivity contribution >= 4 is 75.2 Å². The number of benzene rings is 4. The van der Waals surface area contributed by atoms with E-state index < -0.39 is 5.91 Å². The molecule has 1 aliphatic carbocycles. The molecule has 0 spiro atoms. The number of amides is 1. The number of nitrogen functional groups attached to an aromatic ring is 1. The molecule has 0 atom stereocenters. The summed E-state index contributed by atoms with van der Waals surface area (Å²) >= 11 is 0. The van der Waals surface area contributed by atoms with E-state index in [1.807, 2.05) is 54.6 Å². The Hall–Kier alpha value is -8.43. The van der Waals surface area contributed by atoms with E-state index in [-0.39, 0.29) is 23.6 Å². The molecule has 3 aliphatic rings. The highest BCUT2D eigenvalue weighted by atomic mass is 16.2. The van der Waals surface area contributed by atoms with Crippen LogP contribution in [0, 0.1) is 13.8 Å². The molecule has 0 unspecified atom stereocenters. The lowest BCUT2D eigenvalue weighted by Gasteiger charge is -2.10. The summed E-state index contributed by atoms with van der Waals surface area (Å²) in [5, 5.41) is 2.88. The number of H-pyrrole nitrogens is 2. The molecule has 4 aromatic carbocycles. The van der Waals surface area contributed by atoms with Crippen LogP contribution in [0.5, 0.6) is 0 Å². The van der Waals surface area contributed by atoms with Gasteiger partial charge in [-0.1, -0.05) is 83.9 Å². The van der Waals surface area contributed by atoms with Crippen molar-refractivity contribution in [3.05, 3.63) is 179 Å². The number of hydrogen-bond acceptors (Lipinski definition) is 6. The van der Waals surface area contributed by atoms with Crippen molar-refractivity contribution in [2.75, 3.05) is 11.1 Å². The van der Waals surface area contributed by atoms with E-state index in [9.17, 15) is 14.4 Å². The second kappa shape index (κ2) is 15.9. The van der Waals surface area contributed by atoms with E-state index in [1.54, 1.807) is 0 Å². The highest BCUT2D eigenvalue weighted by molar-refractivity contribution is 6.19. The number of ketones is 2. The van der Waals surface area contributed by atoms with Gasteiger partial charge in [-0.3, -0.25) is 14.4 Å². The number of aromatic nitrogens is 4. The summed E-state index contributed by atoms with van der Waals surface area (Å²) in [6, 6.07) is 40.7. The number of nitrogens with two attached hydrogens (primary N) is 1. The van der Waals surface area contributed by atoms with Crippen molar-refractivity contribution in [3.8, 4) is 44.5 Å². The minimum atomic E-state index is -0.396. The lowest BCUT2D eigenvalue weighted by atomic mass is 10.0. The topological polar surface area (TPSA) is 147 Å². The average molecular weight is 821 g/mol. The number of fused-ring (bicyclic) bond motifs is 8. The standard InChI is InChI=1S/C54H40N6O3/c1-31-3-7-33(8-4-31)51-41-20-24-45(57-41)53(35-11-15-38(55)16-12-35)46-25-21-42(58-46)52(34-9-5-32(2)6-10-34)44-23-27-48(60-44)54(47-26-22-43(51)59-47)36-13-17-39(18-14-36)56-50(63)30-37-29-40(61)19-28-49(37)62/h3-29,57,60H,30,55H2,1-2H3,(H,56,63). The average Bonchev–Trinajstić information content (AvgIpc) is 4.13. The highest BCUT2D eigenvalue weighted by Gasteiger charge is 2.20. The third-order valence-corrected chi connectivity index (χ3v) is 11.5. The molecule has 10 rings (SSSR count). The zero-order valence-electron chi connectivity index (χ0n) is 34.5. The van der Waals surface area contributed by atoms with Crippen LogP contribution in [0.1, 0.15) is 40.3 Å². The van der Waals surface area contributed by atoms with Crippen molar-refractivity contribution in [1.82, 2.24) is 19.9 Å². The van der Waals surface area contributed by atoms with Crippen molar-refractivity contribution in [2.45, 2.75) is 20.3 Å². The molecule has 63 heavy (non-hydrogen) atoms. The van der Waals surface area contributed by atoms with Gasteiger partial charge in [-0.25, -0.2) is 9.97 Å². The van der Waals surface area contributed by atoms with Gasteiger partial charge in [0, 0.05) is 61.3 Å². The summed E-state index contributed by atoms with van der Waals surface area (Å²) in [5.74, 6) is -1.05. The molecule has 0 saturated heterocycles. The van der Waals surface area contributed by atoms with E-state index in [0.29, 0.717) is 11.4 Å². The van der Waals surface area contributed by atoms with E-state index in [0.717, 1.165) is 100 Å². The van der Waals surface area contributed by atoms with Crippen LogP contribution in [0.15, 0.2) is 145 Å². The first-order chi connectivity index (χ1) is 30.6. The Morgan fingerprint density at radius 1 is 0.508 bits per heavy atom. The zero-order valence-corrected chi connectivity index (χ0v) is 34.5. The van der Waals surface area contributed by atoms with Crippen LogP contribution >= 0.6 is 0 Å². The van der Waals surface area contributed by atoms with Gasteiger partial charge in [0.05, 0.1) is 29.2 Å². The fourth-order valence-corrected chi connectivity index (χ4v) is 8.30. The number of anilines is 2. The van der Waals surface area contributed by atoms with Gasteiger partial charge in [0.25, 0.3) is 0 Å². The SMILES string of the molecule is Cc1ccc(-c2c3nc(c(-c4ccc(NC(=O)CC5=CC(=O)C=CC5=O)cc4)c4ccc([nH]4)c(-c4ccc(C)cc4)c4nc(c(-c5ccc(N)cc5)c5ccc2[nH]5)C=C4)C=C3)cc1. The van der Waals surface area contributed by atoms with Gasteiger partial charge in [0.15, 0.2) is 11.6 Å². The molecule has 5 N–H and O–H groups in total. The fraction of sp³-hybridized carbons (Fsp3) is 0.0556. The Kier molecular flexibility index (Phi) is 9.76. The van der Waals surface area contributed by atoms with Crippen molar-refractivity contribution in [3.63, 3.8) is 0 Å². The maximum Gasteiger partial charge on any atom is 0.228 e. The molecule has 7 aromatic rings. The van der Waals surface area contributed by atoms with Gasteiger partial charge in [-0.15, -0.1) is 0 Å². The van der Waals surface area contributed by atoms with Crippen LogP contribution < -0.4 is 11.1 Å². The summed E-state index contributed by atoms with van der Waals surface area (Å²) in [6.45, 7) is 4.15. The molecule has 9 nitrogen and oxygen atoms in total. The summed E-state index contributed by atoms with van der Waals surface area (Å²) in [6.07, 6.45) is 11.7. The normalized spacial score (nSPS) is 13.1. The third kappa shape index (κ3) is 7.64. The van der Waals surface area contributed by atoms with Gasteiger partial charge in [-0.05, 0) is 127 Å². The number of hydrogen-bond donors (Lipinski definition) is 4. The number of allylic oxidation sites excluding steroid dienone is 3. The summed E-state index contributed by atoms with van der Waals surface area (Å²) in [7, 11) is 0. The number of aryl methyl sites for hydroxylation is 2. The zero-order chi connectivity index (χ0) is 43.2. The van der Waals surface area contributed by atoms with Gasteiger partial charge < -0.3 is 21.0 Å². The molecule has 0 fully saturated rings. The number of nitrogens with zero attached hydrogens (tertiary/aromatic N) is 2. The smallest absolute Gasteiger partial charge is 0.228 e. The number of nitrogens with one attached hydrogen (secondary N) is 3. The van der Waals surface area contributed by atoms with Gasteiger partial charge in [0.2, 0.25) is 5.91 Å². The number of rotatable bonds is 7. The number of aromatic amines is 2. The molecule has 8 bridgehead atoms. The van der Waals surface area contributed by atoms with Crippen LogP contribution in [0.25, 0.3) is 90.9 Å². The van der Waals surface area contributed by atoms with E-state index in [4.69, 9.17) is 15.7 Å². The molecule has 0 saturated carbocycles. The molecule has 304 valence electrons. The van der Waals surface area contributed by atoms with Crippen LogP contribution in [0.4, 0.5) is 11.4 Å². The first kappa shape index (κ1) is 38.8.